The molecule has 0 radical (unpaired) electrons. The Morgan fingerprint density at radius 3 is 1.13 bits per heavy atom. The molecule has 15 heteroatoms. The second-order valence-electron chi connectivity index (χ2n) is 2.47. The molecule has 0 fully saturated rings. The average Bonchev–Trinajstić information content (AvgIpc) is 2.13. The van der Waals surface area contributed by atoms with Gasteiger partial charge in [0, 0.05) is 19.8 Å². The number of hydrogen-bond acceptors (Lipinski definition) is 6. The molecular formula is C8H10F3N3Na2O7. The van der Waals surface area contributed by atoms with Gasteiger partial charge in [-0.25, -0.2) is 4.79 Å². The van der Waals surface area contributed by atoms with Crippen molar-refractivity contribution in [3.05, 3.63) is 16.0 Å². The van der Waals surface area contributed by atoms with E-state index in [-0.39, 0.29) is 59.1 Å². The van der Waals surface area contributed by atoms with Crippen molar-refractivity contribution in [2.45, 2.75) is 26.9 Å². The van der Waals surface area contributed by atoms with Gasteiger partial charge in [0.25, 0.3) is 0 Å². The predicted octanol–water partition coefficient (Wildman–Crippen LogP) is -5.64. The van der Waals surface area contributed by atoms with E-state index in [2.05, 4.69) is 4.74 Å². The molecule has 0 aliphatic heterocycles. The van der Waals surface area contributed by atoms with Gasteiger partial charge in [-0.05, 0) is 6.92 Å². The zero-order chi connectivity index (χ0) is 18.2. The third-order valence-electron chi connectivity index (χ3n) is 0.530. The van der Waals surface area contributed by atoms with E-state index in [1.54, 1.807) is 0 Å². The smallest absolute Gasteiger partial charge is 0.550 e. The van der Waals surface area contributed by atoms with E-state index in [9.17, 15) is 22.8 Å². The Bertz CT molecular complexity index is 383. The first-order valence-corrected chi connectivity index (χ1v) is 4.37. The number of aliphatic carboxylic acids is 2. The third kappa shape index (κ3) is 92.5. The summed E-state index contributed by atoms with van der Waals surface area (Å²) < 4.78 is 35.7. The molecule has 1 N–H and O–H groups in total. The number of halogens is 3. The molecule has 0 atom stereocenters. The third-order valence-corrected chi connectivity index (χ3v) is 0.530. The van der Waals surface area contributed by atoms with Crippen LogP contribution in [0.3, 0.4) is 0 Å². The first-order chi connectivity index (χ1) is 9.22. The molecule has 0 aromatic carbocycles. The van der Waals surface area contributed by atoms with Gasteiger partial charge < -0.3 is 30.8 Å². The van der Waals surface area contributed by atoms with Crippen molar-refractivity contribution in [3.63, 3.8) is 0 Å². The Hall–Kier alpha value is -0.820. The fraction of sp³-hybridized carbons (Fsp3) is 0.500. The molecule has 0 heterocycles. The number of carboxylic acids is 2. The zero-order valence-electron chi connectivity index (χ0n) is 12.9. The van der Waals surface area contributed by atoms with E-state index in [4.69, 9.17) is 30.9 Å². The van der Waals surface area contributed by atoms with Crippen LogP contribution in [0.1, 0.15) is 20.8 Å². The molecule has 23 heavy (non-hydrogen) atoms. The standard InChI is InChI=1S/C4H6O3.C2HF3O2.C2H4O2.N3.2Na/c1-3(5)7-4(2)6;3-2(4,5)1(6)7;1-2(3)4;1-3-2;;/h1-2H3;(H,6,7);1H3,(H,3,4);;;/q;;;-1;2*+1/p-1. The number of carbonyl (C=O) groups excluding carboxylic acids is 3. The number of carboxylic acid groups (broad SMARTS) is 2. The number of ether oxygens (including phenoxy) is 1. The maximum Gasteiger partial charge on any atom is 1.00 e. The number of esters is 2. The molecule has 0 saturated heterocycles. The first kappa shape index (κ1) is 38.0. The van der Waals surface area contributed by atoms with Gasteiger partial charge >= 0.3 is 83.2 Å². The summed E-state index contributed by atoms with van der Waals surface area (Å²) in [7, 11) is 0. The van der Waals surface area contributed by atoms with Crippen LogP contribution in [-0.2, 0) is 23.9 Å². The van der Waals surface area contributed by atoms with Gasteiger partial charge in [-0.15, -0.1) is 0 Å². The van der Waals surface area contributed by atoms with Gasteiger partial charge in [0.15, 0.2) is 0 Å². The molecule has 0 rings (SSSR count). The fourth-order valence-corrected chi connectivity index (χ4v) is 0.202. The van der Waals surface area contributed by atoms with Gasteiger partial charge in [0.2, 0.25) is 0 Å². The van der Waals surface area contributed by atoms with Crippen LogP contribution in [-0.4, -0.2) is 35.2 Å². The number of alkyl halides is 3. The SMILES string of the molecule is CC(=O)OC(C)=O.CC(=O)[O-].O=C(O)C(F)(F)F.[N-]=[N+]=[N-].[Na+].[Na+]. The average molecular weight is 363 g/mol. The Morgan fingerprint density at radius 1 is 1.00 bits per heavy atom. The number of carbonyl (C=O) groups is 4. The minimum absolute atomic E-state index is 0. The first-order valence-electron chi connectivity index (χ1n) is 4.37. The molecule has 122 valence electrons. The van der Waals surface area contributed by atoms with Crippen molar-refractivity contribution >= 4 is 23.9 Å². The Morgan fingerprint density at radius 2 is 1.13 bits per heavy atom. The molecule has 0 spiro atoms. The molecule has 0 aromatic rings. The van der Waals surface area contributed by atoms with Crippen molar-refractivity contribution in [2.75, 3.05) is 0 Å². The van der Waals surface area contributed by atoms with E-state index in [0.717, 1.165) is 6.92 Å². The topological polar surface area (TPSA) is 180 Å². The summed E-state index contributed by atoms with van der Waals surface area (Å²) in [6, 6.07) is 0. The number of hydrogen-bond donors (Lipinski definition) is 1. The molecule has 0 aliphatic carbocycles. The maximum absolute atomic E-state index is 10.6. The van der Waals surface area contributed by atoms with Crippen molar-refractivity contribution in [1.29, 1.82) is 0 Å². The molecule has 0 unspecified atom stereocenters. The number of rotatable bonds is 0. The maximum atomic E-state index is 10.6. The number of nitrogens with zero attached hydrogens (tertiary/aromatic N) is 3. The van der Waals surface area contributed by atoms with Crippen LogP contribution in [0.25, 0.3) is 16.0 Å². The summed E-state index contributed by atoms with van der Waals surface area (Å²) in [6.45, 7) is 3.34. The van der Waals surface area contributed by atoms with Gasteiger partial charge in [-0.1, -0.05) is 0 Å². The van der Waals surface area contributed by atoms with Crippen LogP contribution in [0, 0.1) is 0 Å². The molecule has 0 aliphatic rings. The fourth-order valence-electron chi connectivity index (χ4n) is 0.202. The van der Waals surface area contributed by atoms with Crippen molar-refractivity contribution in [2.24, 2.45) is 0 Å². The zero-order valence-corrected chi connectivity index (χ0v) is 16.9. The van der Waals surface area contributed by atoms with E-state index in [0.29, 0.717) is 0 Å². The van der Waals surface area contributed by atoms with Gasteiger partial charge in [0.05, 0.1) is 0 Å². The molecule has 0 aromatic heterocycles. The minimum Gasteiger partial charge on any atom is -0.550 e. The van der Waals surface area contributed by atoms with Crippen molar-refractivity contribution < 1.29 is 106 Å². The summed E-state index contributed by atoms with van der Waals surface area (Å²) in [4.78, 5) is 38.9. The quantitative estimate of drug-likeness (QED) is 0.111. The van der Waals surface area contributed by atoms with Crippen molar-refractivity contribution in [3.8, 4) is 0 Å². The summed E-state index contributed by atoms with van der Waals surface area (Å²) in [5, 5.41) is 16.0. The van der Waals surface area contributed by atoms with Gasteiger partial charge in [0.1, 0.15) is 0 Å². The van der Waals surface area contributed by atoms with Gasteiger partial charge in [-0.3, -0.25) is 14.5 Å². The van der Waals surface area contributed by atoms with Gasteiger partial charge in [-0.2, -0.15) is 13.2 Å². The van der Waals surface area contributed by atoms with Crippen LogP contribution in [0.5, 0.6) is 0 Å². The normalized spacial score (nSPS) is 7.22. The molecular weight excluding hydrogens is 353 g/mol. The summed E-state index contributed by atoms with van der Waals surface area (Å²) in [6.07, 6.45) is -5.08. The van der Waals surface area contributed by atoms with E-state index in [1.165, 1.54) is 18.8 Å². The monoisotopic (exact) mass is 363 g/mol. The predicted molar refractivity (Wildman–Crippen MR) is 56.9 cm³/mol. The molecule has 10 nitrogen and oxygen atoms in total. The van der Waals surface area contributed by atoms with Crippen LogP contribution >= 0.6 is 0 Å². The van der Waals surface area contributed by atoms with Crippen molar-refractivity contribution in [1.82, 2.24) is 0 Å². The van der Waals surface area contributed by atoms with E-state index in [1.807, 2.05) is 0 Å². The largest absolute Gasteiger partial charge is 1.00 e. The summed E-state index contributed by atoms with van der Waals surface area (Å²) >= 11 is 0. The molecule has 0 amide bonds. The minimum atomic E-state index is -5.08. The van der Waals surface area contributed by atoms with Crippen LogP contribution in [0.15, 0.2) is 0 Å². The van der Waals surface area contributed by atoms with E-state index >= 15 is 0 Å². The second kappa shape index (κ2) is 23.4. The summed E-state index contributed by atoms with van der Waals surface area (Å²) in [5.41, 5.74) is 13.5. The molecule has 0 bridgehead atoms. The second-order valence-corrected chi connectivity index (χ2v) is 2.47. The summed E-state index contributed by atoms with van der Waals surface area (Å²) in [5.74, 6) is -4.97. The Balaban J connectivity index is -0.0000000428. The molecule has 0 saturated carbocycles. The Labute approximate surface area is 172 Å². The van der Waals surface area contributed by atoms with Crippen LogP contribution < -0.4 is 64.2 Å². The van der Waals surface area contributed by atoms with Crippen LogP contribution in [0.2, 0.25) is 0 Å². The van der Waals surface area contributed by atoms with E-state index < -0.39 is 30.1 Å². The Kier molecular flexibility index (Phi) is 38.7. The van der Waals surface area contributed by atoms with Crippen LogP contribution in [0.4, 0.5) is 13.2 Å².